The zero-order valence-electron chi connectivity index (χ0n) is 11.1. The van der Waals surface area contributed by atoms with Crippen molar-refractivity contribution < 1.29 is 4.74 Å². The van der Waals surface area contributed by atoms with Crippen LogP contribution in [0.15, 0.2) is 0 Å². The molecule has 2 N–H and O–H groups in total. The van der Waals surface area contributed by atoms with E-state index >= 15 is 0 Å². The van der Waals surface area contributed by atoms with Gasteiger partial charge >= 0.3 is 0 Å². The van der Waals surface area contributed by atoms with Gasteiger partial charge in [0.05, 0.1) is 12.2 Å². The van der Waals surface area contributed by atoms with Crippen molar-refractivity contribution in [2.45, 2.75) is 52.9 Å². The van der Waals surface area contributed by atoms with Gasteiger partial charge in [-0.15, -0.1) is 0 Å². The van der Waals surface area contributed by atoms with Gasteiger partial charge in [0.15, 0.2) is 0 Å². The van der Waals surface area contributed by atoms with E-state index in [1.165, 1.54) is 19.3 Å². The Labute approximate surface area is 104 Å². The summed E-state index contributed by atoms with van der Waals surface area (Å²) in [6.45, 7) is 6.81. The number of anilines is 1. The van der Waals surface area contributed by atoms with Gasteiger partial charge in [0, 0.05) is 6.42 Å². The Hall–Kier alpha value is -1.32. The summed E-state index contributed by atoms with van der Waals surface area (Å²) in [5.74, 6) is 1.92. The molecule has 1 aromatic heterocycles. The van der Waals surface area contributed by atoms with Crippen LogP contribution in [0.3, 0.4) is 0 Å². The lowest BCUT2D eigenvalue weighted by atomic mass is 10.2. The van der Waals surface area contributed by atoms with Gasteiger partial charge in [0.2, 0.25) is 5.88 Å². The van der Waals surface area contributed by atoms with Crippen molar-refractivity contribution in [3.63, 3.8) is 0 Å². The molecule has 0 fully saturated rings. The molecule has 1 aromatic rings. The molecule has 0 saturated heterocycles. The third kappa shape index (κ3) is 4.21. The number of hydrogen-bond donors (Lipinski definition) is 1. The summed E-state index contributed by atoms with van der Waals surface area (Å²) in [5, 5.41) is 0. The average Bonchev–Trinajstić information content (AvgIpc) is 2.33. The number of ether oxygens (including phenoxy) is 1. The molecule has 0 aliphatic rings. The van der Waals surface area contributed by atoms with Gasteiger partial charge in [-0.2, -0.15) is 4.98 Å². The summed E-state index contributed by atoms with van der Waals surface area (Å²) in [7, 11) is 0. The maximum absolute atomic E-state index is 5.82. The average molecular weight is 237 g/mol. The molecule has 0 radical (unpaired) electrons. The molecule has 0 atom stereocenters. The summed E-state index contributed by atoms with van der Waals surface area (Å²) in [5.41, 5.74) is 6.66. The quantitative estimate of drug-likeness (QED) is 0.741. The van der Waals surface area contributed by atoms with Crippen LogP contribution in [0.5, 0.6) is 5.88 Å². The van der Waals surface area contributed by atoms with E-state index in [-0.39, 0.29) is 0 Å². The molecular weight excluding hydrogens is 214 g/mol. The fourth-order valence-electron chi connectivity index (χ4n) is 1.55. The summed E-state index contributed by atoms with van der Waals surface area (Å²) in [6.07, 6.45) is 5.54. The van der Waals surface area contributed by atoms with Crippen LogP contribution in [-0.4, -0.2) is 16.6 Å². The number of nitrogens with two attached hydrogens (primary N) is 1. The van der Waals surface area contributed by atoms with Crippen molar-refractivity contribution >= 4 is 5.82 Å². The fraction of sp³-hybridized carbons (Fsp3) is 0.692. The van der Waals surface area contributed by atoms with Gasteiger partial charge in [0.1, 0.15) is 11.6 Å². The Morgan fingerprint density at radius 2 is 1.88 bits per heavy atom. The van der Waals surface area contributed by atoms with Gasteiger partial charge in [0.25, 0.3) is 0 Å². The summed E-state index contributed by atoms with van der Waals surface area (Å²) in [6, 6.07) is 0. The van der Waals surface area contributed by atoms with E-state index in [1.54, 1.807) is 0 Å². The van der Waals surface area contributed by atoms with Crippen LogP contribution in [0.2, 0.25) is 0 Å². The zero-order valence-corrected chi connectivity index (χ0v) is 11.1. The molecule has 0 bridgehead atoms. The predicted molar refractivity (Wildman–Crippen MR) is 70.2 cm³/mol. The van der Waals surface area contributed by atoms with Gasteiger partial charge in [-0.25, -0.2) is 4.98 Å². The maximum atomic E-state index is 5.82. The Bertz CT molecular complexity index is 353. The predicted octanol–water partition coefficient (Wildman–Crippen LogP) is 2.89. The van der Waals surface area contributed by atoms with Crippen molar-refractivity contribution in [2.24, 2.45) is 0 Å². The second kappa shape index (κ2) is 7.09. The lowest BCUT2D eigenvalue weighted by Crippen LogP contribution is -2.07. The zero-order chi connectivity index (χ0) is 12.7. The first-order valence-electron chi connectivity index (χ1n) is 6.44. The third-order valence-electron chi connectivity index (χ3n) is 2.74. The number of hydrogen-bond acceptors (Lipinski definition) is 4. The van der Waals surface area contributed by atoms with Crippen molar-refractivity contribution in [3.05, 3.63) is 11.4 Å². The van der Waals surface area contributed by atoms with Gasteiger partial charge in [-0.05, 0) is 13.3 Å². The van der Waals surface area contributed by atoms with Crippen LogP contribution in [0.25, 0.3) is 0 Å². The van der Waals surface area contributed by atoms with Crippen LogP contribution in [0.1, 0.15) is 50.9 Å². The Kier molecular flexibility index (Phi) is 5.73. The monoisotopic (exact) mass is 237 g/mol. The number of aromatic nitrogens is 2. The van der Waals surface area contributed by atoms with E-state index in [0.717, 1.165) is 24.2 Å². The van der Waals surface area contributed by atoms with E-state index in [4.69, 9.17) is 10.5 Å². The molecule has 4 heteroatoms. The topological polar surface area (TPSA) is 61.0 Å². The summed E-state index contributed by atoms with van der Waals surface area (Å²) in [4.78, 5) is 8.55. The highest BCUT2D eigenvalue weighted by Gasteiger charge is 2.08. The van der Waals surface area contributed by atoms with E-state index in [2.05, 4.69) is 16.9 Å². The van der Waals surface area contributed by atoms with Crippen LogP contribution < -0.4 is 10.5 Å². The van der Waals surface area contributed by atoms with Gasteiger partial charge < -0.3 is 10.5 Å². The minimum atomic E-state index is 0.528. The van der Waals surface area contributed by atoms with E-state index in [1.807, 2.05) is 13.8 Å². The molecule has 4 nitrogen and oxygen atoms in total. The number of unbranched alkanes of at least 4 members (excludes halogenated alkanes) is 3. The Balaban J connectivity index is 2.54. The normalized spacial score (nSPS) is 10.5. The van der Waals surface area contributed by atoms with Crippen LogP contribution in [0.4, 0.5) is 5.82 Å². The minimum Gasteiger partial charge on any atom is -0.477 e. The van der Waals surface area contributed by atoms with Crippen LogP contribution in [-0.2, 0) is 6.42 Å². The van der Waals surface area contributed by atoms with Crippen molar-refractivity contribution in [1.29, 1.82) is 0 Å². The highest BCUT2D eigenvalue weighted by atomic mass is 16.5. The Morgan fingerprint density at radius 3 is 2.53 bits per heavy atom. The SMILES string of the molecule is CCCCCCOc1nc(CC)nc(N)c1C. The standard InChI is InChI=1S/C13H23N3O/c1-4-6-7-8-9-17-13-10(3)12(14)15-11(5-2)16-13/h4-9H2,1-3H3,(H2,14,15,16). The first-order chi connectivity index (χ1) is 8.19. The largest absolute Gasteiger partial charge is 0.477 e. The summed E-state index contributed by atoms with van der Waals surface area (Å²) < 4.78 is 5.68. The number of aryl methyl sites for hydroxylation is 1. The van der Waals surface area contributed by atoms with Crippen molar-refractivity contribution in [2.75, 3.05) is 12.3 Å². The molecular formula is C13H23N3O. The molecule has 0 aliphatic carbocycles. The molecule has 1 heterocycles. The second-order valence-electron chi connectivity index (χ2n) is 4.22. The number of nitrogens with zero attached hydrogens (tertiary/aromatic N) is 2. The van der Waals surface area contributed by atoms with E-state index in [0.29, 0.717) is 18.3 Å². The smallest absolute Gasteiger partial charge is 0.221 e. The summed E-state index contributed by atoms with van der Waals surface area (Å²) >= 11 is 0. The number of nitrogen functional groups attached to an aromatic ring is 1. The van der Waals surface area contributed by atoms with Crippen molar-refractivity contribution in [3.8, 4) is 5.88 Å². The minimum absolute atomic E-state index is 0.528. The first kappa shape index (κ1) is 13.7. The maximum Gasteiger partial charge on any atom is 0.221 e. The number of rotatable bonds is 7. The lowest BCUT2D eigenvalue weighted by molar-refractivity contribution is 0.290. The molecule has 0 aliphatic heterocycles. The van der Waals surface area contributed by atoms with Gasteiger partial charge in [-0.3, -0.25) is 0 Å². The highest BCUT2D eigenvalue weighted by Crippen LogP contribution is 2.20. The second-order valence-corrected chi connectivity index (χ2v) is 4.22. The van der Waals surface area contributed by atoms with E-state index < -0.39 is 0 Å². The van der Waals surface area contributed by atoms with Crippen LogP contribution >= 0.6 is 0 Å². The van der Waals surface area contributed by atoms with Gasteiger partial charge in [-0.1, -0.05) is 33.1 Å². The molecule has 96 valence electrons. The molecule has 0 saturated carbocycles. The molecule has 17 heavy (non-hydrogen) atoms. The van der Waals surface area contributed by atoms with Crippen molar-refractivity contribution in [1.82, 2.24) is 9.97 Å². The highest BCUT2D eigenvalue weighted by molar-refractivity contribution is 5.44. The lowest BCUT2D eigenvalue weighted by Gasteiger charge is -2.10. The van der Waals surface area contributed by atoms with Crippen LogP contribution in [0, 0.1) is 6.92 Å². The first-order valence-corrected chi connectivity index (χ1v) is 6.44. The molecule has 1 rings (SSSR count). The molecule has 0 spiro atoms. The fourth-order valence-corrected chi connectivity index (χ4v) is 1.55. The molecule has 0 aromatic carbocycles. The molecule has 0 amide bonds. The molecule has 0 unspecified atom stereocenters. The third-order valence-corrected chi connectivity index (χ3v) is 2.74. The Morgan fingerprint density at radius 1 is 1.12 bits per heavy atom. The van der Waals surface area contributed by atoms with E-state index in [9.17, 15) is 0 Å².